The van der Waals surface area contributed by atoms with Gasteiger partial charge in [-0.2, -0.15) is 0 Å². The van der Waals surface area contributed by atoms with Crippen LogP contribution in [0.2, 0.25) is 0 Å². The van der Waals surface area contributed by atoms with Crippen molar-refractivity contribution >= 4 is 21.6 Å². The zero-order chi connectivity index (χ0) is 19.8. The maximum Gasteiger partial charge on any atom is 0.165 e. The van der Waals surface area contributed by atoms with Gasteiger partial charge in [-0.15, -0.1) is 11.3 Å². The zero-order valence-corrected chi connectivity index (χ0v) is 17.3. The fourth-order valence-corrected chi connectivity index (χ4v) is 4.69. The Morgan fingerprint density at radius 2 is 2.07 bits per heavy atom. The third-order valence-electron chi connectivity index (χ3n) is 5.12. The number of hydrogen-bond donors (Lipinski definition) is 0. The van der Waals surface area contributed by atoms with Crippen LogP contribution in [0.5, 0.6) is 11.5 Å². The van der Waals surface area contributed by atoms with E-state index in [4.69, 9.17) is 18.9 Å². The number of hydrogen-bond acceptors (Lipinski definition) is 6. The average molecular weight is 407 g/mol. The van der Waals surface area contributed by atoms with Crippen LogP contribution < -0.4 is 9.47 Å². The molecule has 5 rings (SSSR count). The van der Waals surface area contributed by atoms with E-state index < -0.39 is 0 Å². The van der Waals surface area contributed by atoms with Crippen LogP contribution in [0.3, 0.4) is 0 Å². The summed E-state index contributed by atoms with van der Waals surface area (Å²) in [6, 6.07) is 16.5. The van der Waals surface area contributed by atoms with Gasteiger partial charge in [0.25, 0.3) is 0 Å². The van der Waals surface area contributed by atoms with Gasteiger partial charge in [0.2, 0.25) is 0 Å². The summed E-state index contributed by atoms with van der Waals surface area (Å²) in [5, 5.41) is 0.991. The van der Waals surface area contributed by atoms with Gasteiger partial charge >= 0.3 is 0 Å². The number of furan rings is 1. The fourth-order valence-electron chi connectivity index (χ4n) is 3.73. The number of para-hydroxylation sites is 1. The second kappa shape index (κ2) is 7.54. The van der Waals surface area contributed by atoms with Crippen LogP contribution >= 0.6 is 11.3 Å². The van der Waals surface area contributed by atoms with Crippen molar-refractivity contribution in [3.63, 3.8) is 0 Å². The lowest BCUT2D eigenvalue weighted by Crippen LogP contribution is -2.25. The molecule has 1 aliphatic rings. The number of benzene rings is 2. The van der Waals surface area contributed by atoms with E-state index in [2.05, 4.69) is 17.0 Å². The Kier molecular flexibility index (Phi) is 4.73. The van der Waals surface area contributed by atoms with E-state index in [1.807, 2.05) is 43.3 Å². The molecule has 148 valence electrons. The topological polar surface area (TPSA) is 47.7 Å². The number of ether oxygens (including phenoxy) is 2. The minimum absolute atomic E-state index is 0.615. The van der Waals surface area contributed by atoms with Gasteiger partial charge in [0, 0.05) is 24.2 Å². The first-order chi connectivity index (χ1) is 14.2. The summed E-state index contributed by atoms with van der Waals surface area (Å²) >= 11 is 1.70. The molecule has 5 nitrogen and oxygen atoms in total. The third kappa shape index (κ3) is 3.61. The second-order valence-electron chi connectivity index (χ2n) is 7.22. The lowest BCUT2D eigenvalue weighted by Gasteiger charge is -2.18. The third-order valence-corrected chi connectivity index (χ3v) is 6.20. The molecule has 0 radical (unpaired) electrons. The van der Waals surface area contributed by atoms with Crippen molar-refractivity contribution in [2.24, 2.45) is 0 Å². The van der Waals surface area contributed by atoms with Crippen LogP contribution in [-0.2, 0) is 13.1 Å². The van der Waals surface area contributed by atoms with Crippen LogP contribution in [0.1, 0.15) is 17.1 Å². The summed E-state index contributed by atoms with van der Waals surface area (Å²) < 4.78 is 18.7. The van der Waals surface area contributed by atoms with Crippen molar-refractivity contribution in [3.05, 3.63) is 65.6 Å². The molecule has 0 saturated heterocycles. The Balaban J connectivity index is 1.51. The zero-order valence-electron chi connectivity index (χ0n) is 16.5. The van der Waals surface area contributed by atoms with Crippen LogP contribution in [0.15, 0.2) is 52.9 Å². The smallest absolute Gasteiger partial charge is 0.165 e. The van der Waals surface area contributed by atoms with Gasteiger partial charge in [0.1, 0.15) is 23.1 Å². The van der Waals surface area contributed by atoms with Crippen molar-refractivity contribution in [1.82, 2.24) is 9.88 Å². The number of thiazole rings is 1. The quantitative estimate of drug-likeness (QED) is 0.462. The first-order valence-corrected chi connectivity index (χ1v) is 10.5. The lowest BCUT2D eigenvalue weighted by molar-refractivity contribution is 0.204. The number of fused-ring (bicyclic) bond motifs is 2. The predicted molar refractivity (Wildman–Crippen MR) is 115 cm³/mol. The molecule has 4 aromatic rings. The minimum atomic E-state index is 0.615. The van der Waals surface area contributed by atoms with Crippen LogP contribution in [-0.4, -0.2) is 30.1 Å². The van der Waals surface area contributed by atoms with Gasteiger partial charge in [-0.25, -0.2) is 4.98 Å². The molecule has 0 amide bonds. The molecule has 2 aromatic heterocycles. The summed E-state index contributed by atoms with van der Waals surface area (Å²) in [7, 11) is 1.69. The van der Waals surface area contributed by atoms with Gasteiger partial charge in [-0.3, -0.25) is 4.90 Å². The molecule has 0 unspecified atom stereocenters. The standard InChI is InChI=1S/C23H22N2O3S/c1-15-7-8-18(28-15)14-25-9-10-27-22-17(13-25)11-16(12-20(22)26-2)23-24-19-5-3-4-6-21(19)29-23/h3-8,11-12H,9-10,13-14H2,1-2H3. The molecule has 1 aliphatic heterocycles. The molecule has 0 bridgehead atoms. The van der Waals surface area contributed by atoms with E-state index in [0.717, 1.165) is 64.3 Å². The molecule has 0 fully saturated rings. The molecule has 6 heteroatoms. The summed E-state index contributed by atoms with van der Waals surface area (Å²) in [6.07, 6.45) is 0. The molecule has 3 heterocycles. The number of aromatic nitrogens is 1. The molecule has 29 heavy (non-hydrogen) atoms. The largest absolute Gasteiger partial charge is 0.493 e. The lowest BCUT2D eigenvalue weighted by atomic mass is 10.1. The van der Waals surface area contributed by atoms with E-state index in [9.17, 15) is 0 Å². The summed E-state index contributed by atoms with van der Waals surface area (Å²) in [6.45, 7) is 4.94. The predicted octanol–water partition coefficient (Wildman–Crippen LogP) is 5.27. The van der Waals surface area contributed by atoms with Gasteiger partial charge in [-0.05, 0) is 43.3 Å². The van der Waals surface area contributed by atoms with E-state index in [0.29, 0.717) is 6.61 Å². The number of aryl methyl sites for hydroxylation is 1. The molecule has 0 aliphatic carbocycles. The fraction of sp³-hybridized carbons (Fsp3) is 0.261. The summed E-state index contributed by atoms with van der Waals surface area (Å²) in [5.74, 6) is 3.49. The highest BCUT2D eigenvalue weighted by molar-refractivity contribution is 7.21. The van der Waals surface area contributed by atoms with Crippen LogP contribution in [0.25, 0.3) is 20.8 Å². The van der Waals surface area contributed by atoms with Crippen molar-refractivity contribution in [1.29, 1.82) is 0 Å². The molecule has 0 atom stereocenters. The maximum atomic E-state index is 6.08. The SMILES string of the molecule is COc1cc(-c2nc3ccccc3s2)cc2c1OCCN(Cc1ccc(C)o1)C2. The molecule has 0 spiro atoms. The monoisotopic (exact) mass is 406 g/mol. The molecular formula is C23H22N2O3S. The minimum Gasteiger partial charge on any atom is -0.493 e. The first kappa shape index (κ1) is 18.2. The highest BCUT2D eigenvalue weighted by atomic mass is 32.1. The Labute approximate surface area is 173 Å². The second-order valence-corrected chi connectivity index (χ2v) is 8.26. The maximum absolute atomic E-state index is 6.08. The Morgan fingerprint density at radius 1 is 1.17 bits per heavy atom. The van der Waals surface area contributed by atoms with Crippen LogP contribution in [0, 0.1) is 6.92 Å². The van der Waals surface area contributed by atoms with E-state index in [-0.39, 0.29) is 0 Å². The number of rotatable bonds is 4. The van der Waals surface area contributed by atoms with Gasteiger partial charge in [0.15, 0.2) is 11.5 Å². The number of methoxy groups -OCH3 is 1. The number of nitrogens with zero attached hydrogens (tertiary/aromatic N) is 2. The van der Waals surface area contributed by atoms with Crippen LogP contribution in [0.4, 0.5) is 0 Å². The van der Waals surface area contributed by atoms with E-state index in [1.54, 1.807) is 18.4 Å². The average Bonchev–Trinajstić information content (AvgIpc) is 3.28. The van der Waals surface area contributed by atoms with Crippen molar-refractivity contribution in [2.75, 3.05) is 20.3 Å². The highest BCUT2D eigenvalue weighted by Gasteiger charge is 2.22. The van der Waals surface area contributed by atoms with Gasteiger partial charge in [-0.1, -0.05) is 12.1 Å². The Bertz CT molecular complexity index is 1130. The Morgan fingerprint density at radius 3 is 2.86 bits per heavy atom. The first-order valence-electron chi connectivity index (χ1n) is 9.67. The van der Waals surface area contributed by atoms with E-state index >= 15 is 0 Å². The van der Waals surface area contributed by atoms with Gasteiger partial charge in [0.05, 0.1) is 23.9 Å². The van der Waals surface area contributed by atoms with Gasteiger partial charge < -0.3 is 13.9 Å². The normalized spacial score (nSPS) is 14.4. The molecular weight excluding hydrogens is 384 g/mol. The molecule has 0 saturated carbocycles. The van der Waals surface area contributed by atoms with Crippen molar-refractivity contribution in [3.8, 4) is 22.1 Å². The molecule has 0 N–H and O–H groups in total. The molecule has 2 aromatic carbocycles. The summed E-state index contributed by atoms with van der Waals surface area (Å²) in [4.78, 5) is 7.15. The van der Waals surface area contributed by atoms with Crippen molar-refractivity contribution < 1.29 is 13.9 Å². The van der Waals surface area contributed by atoms with Crippen molar-refractivity contribution in [2.45, 2.75) is 20.0 Å². The van der Waals surface area contributed by atoms with E-state index in [1.165, 1.54) is 4.70 Å². The Hall–Kier alpha value is -2.83. The summed E-state index contributed by atoms with van der Waals surface area (Å²) in [5.41, 5.74) is 3.19. The highest BCUT2D eigenvalue weighted by Crippen LogP contribution is 2.40.